The first kappa shape index (κ1) is 19.7. The van der Waals surface area contributed by atoms with Crippen molar-refractivity contribution in [2.75, 3.05) is 0 Å². The molecule has 2 N–H and O–H groups in total. The number of carbonyl (C=O) groups excluding carboxylic acids is 1. The molecule has 0 amide bonds. The van der Waals surface area contributed by atoms with E-state index in [9.17, 15) is 15.0 Å². The molecule has 1 heterocycles. The standard InChI is InChI=1S/C19H15Cl3O5/c1-5-6(2)9-12(21)14(23)8(4)16-18(9)26-17-10(19(25)27-16)7(3)11(20)15(24)13(17)22/h5,23-24H,1-4H3/b6-5-. The molecule has 0 saturated carbocycles. The van der Waals surface area contributed by atoms with Crippen LogP contribution in [0.15, 0.2) is 6.08 Å². The van der Waals surface area contributed by atoms with Crippen LogP contribution in [0.2, 0.25) is 15.1 Å². The predicted octanol–water partition coefficient (Wildman–Crippen LogP) is 6.42. The molecule has 0 radical (unpaired) electrons. The average molecular weight is 430 g/mol. The highest BCUT2D eigenvalue weighted by atomic mass is 35.5. The van der Waals surface area contributed by atoms with Crippen molar-refractivity contribution in [2.45, 2.75) is 27.7 Å². The van der Waals surface area contributed by atoms with Gasteiger partial charge in [-0.2, -0.15) is 0 Å². The second-order valence-corrected chi connectivity index (χ2v) is 7.22. The van der Waals surface area contributed by atoms with Gasteiger partial charge in [0.1, 0.15) is 16.3 Å². The van der Waals surface area contributed by atoms with Crippen LogP contribution in [0, 0.1) is 13.8 Å². The van der Waals surface area contributed by atoms with Crippen molar-refractivity contribution in [3.63, 3.8) is 0 Å². The fourth-order valence-corrected chi connectivity index (χ4v) is 3.69. The van der Waals surface area contributed by atoms with Gasteiger partial charge in [0.25, 0.3) is 0 Å². The van der Waals surface area contributed by atoms with E-state index >= 15 is 0 Å². The number of phenols is 2. The molecule has 0 unspecified atom stereocenters. The molecule has 0 aliphatic carbocycles. The van der Waals surface area contributed by atoms with Gasteiger partial charge in [-0.05, 0) is 38.8 Å². The van der Waals surface area contributed by atoms with E-state index in [-0.39, 0.29) is 54.8 Å². The summed E-state index contributed by atoms with van der Waals surface area (Å²) < 4.78 is 11.5. The maximum Gasteiger partial charge on any atom is 0.347 e. The van der Waals surface area contributed by atoms with Gasteiger partial charge in [0.2, 0.25) is 0 Å². The SMILES string of the molecule is C/C=C(/C)c1c(Cl)c(O)c(C)c2c1Oc1c(Cl)c(O)c(Cl)c(C)c1C(=O)O2. The minimum atomic E-state index is -0.779. The normalized spacial score (nSPS) is 13.4. The lowest BCUT2D eigenvalue weighted by molar-refractivity contribution is 0.0735. The zero-order valence-corrected chi connectivity index (χ0v) is 17.1. The number of fused-ring (bicyclic) bond motifs is 2. The molecule has 0 saturated heterocycles. The van der Waals surface area contributed by atoms with E-state index < -0.39 is 11.7 Å². The topological polar surface area (TPSA) is 76.0 Å². The molecular formula is C19H15Cl3O5. The largest absolute Gasteiger partial charge is 0.506 e. The Morgan fingerprint density at radius 1 is 0.889 bits per heavy atom. The zero-order valence-electron chi connectivity index (χ0n) is 14.8. The van der Waals surface area contributed by atoms with Crippen molar-refractivity contribution in [3.8, 4) is 28.7 Å². The van der Waals surface area contributed by atoms with Gasteiger partial charge < -0.3 is 19.7 Å². The summed E-state index contributed by atoms with van der Waals surface area (Å²) in [4.78, 5) is 12.8. The number of halogens is 3. The third-order valence-corrected chi connectivity index (χ3v) is 5.71. The fourth-order valence-electron chi connectivity index (χ4n) is 2.85. The van der Waals surface area contributed by atoms with Gasteiger partial charge >= 0.3 is 5.97 Å². The summed E-state index contributed by atoms with van der Waals surface area (Å²) in [6.45, 7) is 6.63. The van der Waals surface area contributed by atoms with E-state index in [2.05, 4.69) is 0 Å². The van der Waals surface area contributed by atoms with Crippen LogP contribution in [0.5, 0.6) is 28.7 Å². The average Bonchev–Trinajstić information content (AvgIpc) is 2.79. The fraction of sp³-hybridized carbons (Fsp3) is 0.211. The molecule has 3 rings (SSSR count). The van der Waals surface area contributed by atoms with E-state index in [1.165, 1.54) is 6.92 Å². The summed E-state index contributed by atoms with van der Waals surface area (Å²) in [5.74, 6) is -1.37. The Bertz CT molecular complexity index is 1040. The number of rotatable bonds is 1. The molecule has 27 heavy (non-hydrogen) atoms. The highest BCUT2D eigenvalue weighted by molar-refractivity contribution is 6.39. The molecule has 1 aliphatic heterocycles. The van der Waals surface area contributed by atoms with Crippen LogP contribution in [0.4, 0.5) is 0 Å². The van der Waals surface area contributed by atoms with Gasteiger partial charge in [-0.1, -0.05) is 40.9 Å². The molecule has 1 aliphatic rings. The summed E-state index contributed by atoms with van der Waals surface area (Å²) in [6.07, 6.45) is 1.76. The molecule has 0 atom stereocenters. The van der Waals surface area contributed by atoms with Gasteiger partial charge in [0, 0.05) is 11.1 Å². The number of benzene rings is 2. The van der Waals surface area contributed by atoms with Crippen molar-refractivity contribution in [1.29, 1.82) is 0 Å². The number of hydrogen-bond acceptors (Lipinski definition) is 5. The van der Waals surface area contributed by atoms with E-state index in [0.29, 0.717) is 11.1 Å². The lowest BCUT2D eigenvalue weighted by Gasteiger charge is -2.18. The first-order valence-corrected chi connectivity index (χ1v) is 9.03. The Morgan fingerprint density at radius 2 is 1.52 bits per heavy atom. The molecule has 5 nitrogen and oxygen atoms in total. The Kier molecular flexibility index (Phi) is 4.97. The monoisotopic (exact) mass is 428 g/mol. The summed E-state index contributed by atoms with van der Waals surface area (Å²) >= 11 is 18.6. The molecular weight excluding hydrogens is 415 g/mol. The number of hydrogen-bond donors (Lipinski definition) is 2. The van der Waals surface area contributed by atoms with Crippen LogP contribution in [-0.4, -0.2) is 16.2 Å². The smallest absolute Gasteiger partial charge is 0.347 e. The third-order valence-electron chi connectivity index (χ3n) is 4.53. The summed E-state index contributed by atoms with van der Waals surface area (Å²) in [5.41, 5.74) is 1.49. The number of allylic oxidation sites excluding steroid dienone is 2. The second kappa shape index (κ2) is 6.82. The van der Waals surface area contributed by atoms with Crippen LogP contribution in [0.1, 0.15) is 40.9 Å². The van der Waals surface area contributed by atoms with E-state index in [1.807, 2.05) is 0 Å². The highest BCUT2D eigenvalue weighted by Crippen LogP contribution is 2.55. The maximum absolute atomic E-state index is 12.8. The van der Waals surface area contributed by atoms with Crippen LogP contribution >= 0.6 is 34.8 Å². The molecule has 0 spiro atoms. The first-order chi connectivity index (χ1) is 12.6. The van der Waals surface area contributed by atoms with E-state index in [0.717, 1.165) is 0 Å². The van der Waals surface area contributed by atoms with Crippen LogP contribution in [0.25, 0.3) is 5.57 Å². The minimum Gasteiger partial charge on any atom is -0.506 e. The summed E-state index contributed by atoms with van der Waals surface area (Å²) in [6, 6.07) is 0. The third kappa shape index (κ3) is 2.81. The molecule has 0 aromatic heterocycles. The number of esters is 1. The van der Waals surface area contributed by atoms with Crippen LogP contribution < -0.4 is 9.47 Å². The summed E-state index contributed by atoms with van der Waals surface area (Å²) in [7, 11) is 0. The first-order valence-electron chi connectivity index (χ1n) is 7.90. The number of carbonyl (C=O) groups is 1. The van der Waals surface area contributed by atoms with Gasteiger partial charge in [0.05, 0.1) is 10.0 Å². The Hall–Kier alpha value is -2.08. The highest BCUT2D eigenvalue weighted by Gasteiger charge is 2.35. The van der Waals surface area contributed by atoms with Crippen LogP contribution in [0.3, 0.4) is 0 Å². The number of phenolic OH excluding ortho intramolecular Hbond substituents is 2. The Labute approximate surface area is 170 Å². The lowest BCUT2D eigenvalue weighted by Crippen LogP contribution is -2.10. The predicted molar refractivity (Wildman–Crippen MR) is 105 cm³/mol. The quantitative estimate of drug-likeness (QED) is 0.404. The Balaban J connectivity index is 2.45. The molecule has 0 bridgehead atoms. The molecule has 8 heteroatoms. The van der Waals surface area contributed by atoms with Gasteiger partial charge in [-0.15, -0.1) is 0 Å². The van der Waals surface area contributed by atoms with Crippen molar-refractivity contribution in [2.24, 2.45) is 0 Å². The molecule has 2 aromatic carbocycles. The van der Waals surface area contributed by atoms with Crippen molar-refractivity contribution >= 4 is 46.3 Å². The molecule has 142 valence electrons. The zero-order chi connectivity index (χ0) is 20.2. The van der Waals surface area contributed by atoms with Crippen molar-refractivity contribution in [3.05, 3.63) is 43.4 Å². The van der Waals surface area contributed by atoms with Crippen molar-refractivity contribution in [1.82, 2.24) is 0 Å². The second-order valence-electron chi connectivity index (χ2n) is 6.09. The summed E-state index contributed by atoms with van der Waals surface area (Å²) in [5, 5.41) is 20.3. The lowest BCUT2D eigenvalue weighted by atomic mass is 10.0. The van der Waals surface area contributed by atoms with Crippen molar-refractivity contribution < 1.29 is 24.5 Å². The maximum atomic E-state index is 12.8. The van der Waals surface area contributed by atoms with E-state index in [4.69, 9.17) is 44.3 Å². The number of ether oxygens (including phenoxy) is 2. The Morgan fingerprint density at radius 3 is 2.11 bits per heavy atom. The molecule has 2 aromatic rings. The van der Waals surface area contributed by atoms with Crippen LogP contribution in [-0.2, 0) is 0 Å². The molecule has 0 fully saturated rings. The van der Waals surface area contributed by atoms with Gasteiger partial charge in [0.15, 0.2) is 23.0 Å². The minimum absolute atomic E-state index is 0.0142. The van der Waals surface area contributed by atoms with E-state index in [1.54, 1.807) is 26.8 Å². The van der Waals surface area contributed by atoms with Gasteiger partial charge in [-0.25, -0.2) is 4.79 Å². The number of aromatic hydroxyl groups is 2. The van der Waals surface area contributed by atoms with Gasteiger partial charge in [-0.3, -0.25) is 0 Å².